The van der Waals surface area contributed by atoms with Crippen molar-refractivity contribution in [2.24, 2.45) is 0 Å². The number of carbonyl (C=O) groups is 1. The third-order valence-corrected chi connectivity index (χ3v) is 4.63. The maximum atomic E-state index is 12.3. The van der Waals surface area contributed by atoms with Gasteiger partial charge in [-0.15, -0.1) is 10.2 Å². The van der Waals surface area contributed by atoms with Crippen molar-refractivity contribution in [3.05, 3.63) is 24.3 Å². The summed E-state index contributed by atoms with van der Waals surface area (Å²) in [4.78, 5) is 12.3. The zero-order valence-electron chi connectivity index (χ0n) is 12.5. The van der Waals surface area contributed by atoms with E-state index < -0.39 is 6.10 Å². The second kappa shape index (κ2) is 8.00. The third kappa shape index (κ3) is 4.11. The average molecular weight is 339 g/mol. The van der Waals surface area contributed by atoms with Crippen LogP contribution in [0.15, 0.2) is 28.6 Å². The van der Waals surface area contributed by atoms with E-state index in [1.807, 2.05) is 25.3 Å². The number of nitrogens with one attached hydrogen (secondary N) is 1. The monoisotopic (exact) mass is 339 g/mol. The highest BCUT2D eigenvalue weighted by atomic mass is 32.2. The highest BCUT2D eigenvalue weighted by molar-refractivity contribution is 8.00. The largest absolute Gasteiger partial charge is 0.493 e. The number of thioether (sulfide) groups is 1. The van der Waals surface area contributed by atoms with Crippen LogP contribution in [0.4, 0.5) is 5.13 Å². The first-order valence-electron chi connectivity index (χ1n) is 6.66. The standard InChI is InChI=1S/C14H17N3O3S2/c1-4-9(20-11-8-6-5-7-10(11)19-2)12(18)15-13-16-17-14(21-3)22-13/h5-9H,4H2,1-3H3,(H,15,16,18)/t9-/m1/s1. The van der Waals surface area contributed by atoms with Crippen LogP contribution in [-0.4, -0.2) is 35.6 Å². The number of ether oxygens (including phenoxy) is 2. The van der Waals surface area contributed by atoms with Crippen molar-refractivity contribution in [3.8, 4) is 11.5 Å². The Morgan fingerprint density at radius 3 is 2.68 bits per heavy atom. The van der Waals surface area contributed by atoms with Gasteiger partial charge in [0.2, 0.25) is 5.13 Å². The molecule has 1 aromatic carbocycles. The molecule has 0 spiro atoms. The van der Waals surface area contributed by atoms with E-state index in [9.17, 15) is 4.79 Å². The maximum absolute atomic E-state index is 12.3. The number of methoxy groups -OCH3 is 1. The second-order valence-electron chi connectivity index (χ2n) is 4.23. The predicted octanol–water partition coefficient (Wildman–Crippen LogP) is 3.06. The maximum Gasteiger partial charge on any atom is 0.267 e. The van der Waals surface area contributed by atoms with Crippen molar-refractivity contribution in [2.45, 2.75) is 23.8 Å². The summed E-state index contributed by atoms with van der Waals surface area (Å²) in [6, 6.07) is 7.23. The summed E-state index contributed by atoms with van der Waals surface area (Å²) in [6.45, 7) is 1.88. The molecule has 2 aromatic rings. The van der Waals surface area contributed by atoms with Gasteiger partial charge in [0.15, 0.2) is 21.9 Å². The smallest absolute Gasteiger partial charge is 0.267 e. The molecule has 1 heterocycles. The van der Waals surface area contributed by atoms with Gasteiger partial charge < -0.3 is 9.47 Å². The van der Waals surface area contributed by atoms with Crippen LogP contribution in [0.2, 0.25) is 0 Å². The number of hydrogen-bond donors (Lipinski definition) is 1. The minimum absolute atomic E-state index is 0.253. The molecule has 22 heavy (non-hydrogen) atoms. The molecule has 1 atom stereocenters. The summed E-state index contributed by atoms with van der Waals surface area (Å²) in [6.07, 6.45) is 1.81. The van der Waals surface area contributed by atoms with Crippen molar-refractivity contribution >= 4 is 34.1 Å². The number of benzene rings is 1. The van der Waals surface area contributed by atoms with Crippen molar-refractivity contribution in [3.63, 3.8) is 0 Å². The molecule has 0 radical (unpaired) electrons. The van der Waals surface area contributed by atoms with E-state index in [2.05, 4.69) is 15.5 Å². The Balaban J connectivity index is 2.05. The Hall–Kier alpha value is -1.80. The molecule has 1 N–H and O–H groups in total. The lowest BCUT2D eigenvalue weighted by Crippen LogP contribution is -2.32. The minimum atomic E-state index is -0.627. The van der Waals surface area contributed by atoms with E-state index in [1.165, 1.54) is 23.1 Å². The minimum Gasteiger partial charge on any atom is -0.493 e. The first kappa shape index (κ1) is 16.6. The molecular formula is C14H17N3O3S2. The average Bonchev–Trinajstić information content (AvgIpc) is 3.00. The molecule has 118 valence electrons. The summed E-state index contributed by atoms with van der Waals surface area (Å²) < 4.78 is 11.8. The number of amides is 1. The molecule has 0 aliphatic carbocycles. The third-order valence-electron chi connectivity index (χ3n) is 2.81. The van der Waals surface area contributed by atoms with Gasteiger partial charge in [-0.1, -0.05) is 42.2 Å². The van der Waals surface area contributed by atoms with E-state index >= 15 is 0 Å². The Labute approximate surface area is 137 Å². The molecular weight excluding hydrogens is 322 g/mol. The fourth-order valence-corrected chi connectivity index (χ4v) is 2.89. The summed E-state index contributed by atoms with van der Waals surface area (Å²) in [7, 11) is 1.56. The molecule has 0 saturated heterocycles. The Bertz CT molecular complexity index is 633. The zero-order valence-corrected chi connectivity index (χ0v) is 14.2. The zero-order chi connectivity index (χ0) is 15.9. The molecule has 0 aliphatic rings. The van der Waals surface area contributed by atoms with Crippen LogP contribution < -0.4 is 14.8 Å². The SMILES string of the molecule is CC[C@@H](Oc1ccccc1OC)C(=O)Nc1nnc(SC)s1. The number of nitrogens with zero attached hydrogens (tertiary/aromatic N) is 2. The Kier molecular flexibility index (Phi) is 6.02. The normalized spacial score (nSPS) is 11.8. The van der Waals surface area contributed by atoms with Gasteiger partial charge >= 0.3 is 0 Å². The first-order valence-corrected chi connectivity index (χ1v) is 8.70. The van der Waals surface area contributed by atoms with Gasteiger partial charge in [-0.2, -0.15) is 0 Å². The lowest BCUT2D eigenvalue weighted by atomic mass is 10.2. The van der Waals surface area contributed by atoms with E-state index in [0.29, 0.717) is 23.1 Å². The molecule has 0 saturated carbocycles. The molecule has 1 amide bonds. The Morgan fingerprint density at radius 1 is 1.36 bits per heavy atom. The van der Waals surface area contributed by atoms with Crippen LogP contribution >= 0.6 is 23.1 Å². The molecule has 1 aromatic heterocycles. The number of anilines is 1. The fraction of sp³-hybridized carbons (Fsp3) is 0.357. The molecule has 6 nitrogen and oxygen atoms in total. The van der Waals surface area contributed by atoms with Crippen LogP contribution in [0, 0.1) is 0 Å². The molecule has 0 unspecified atom stereocenters. The quantitative estimate of drug-likeness (QED) is 0.617. The van der Waals surface area contributed by atoms with Crippen molar-refractivity contribution in [2.75, 3.05) is 18.7 Å². The first-order chi connectivity index (χ1) is 10.7. The number of rotatable bonds is 7. The van der Waals surface area contributed by atoms with E-state index in [1.54, 1.807) is 19.2 Å². The summed E-state index contributed by atoms with van der Waals surface area (Å²) in [5, 5.41) is 11.1. The summed E-state index contributed by atoms with van der Waals surface area (Å²) >= 11 is 2.82. The number of aromatic nitrogens is 2. The molecule has 2 rings (SSSR count). The molecule has 0 fully saturated rings. The van der Waals surface area contributed by atoms with Crippen molar-refractivity contribution < 1.29 is 14.3 Å². The molecule has 8 heteroatoms. The van der Waals surface area contributed by atoms with E-state index in [-0.39, 0.29) is 5.91 Å². The number of carbonyl (C=O) groups excluding carboxylic acids is 1. The number of para-hydroxylation sites is 2. The lowest BCUT2D eigenvalue weighted by molar-refractivity contribution is -0.122. The highest BCUT2D eigenvalue weighted by Gasteiger charge is 2.21. The summed E-state index contributed by atoms with van der Waals surface area (Å²) in [5.41, 5.74) is 0. The van der Waals surface area contributed by atoms with Gasteiger partial charge in [-0.05, 0) is 24.8 Å². The van der Waals surface area contributed by atoms with E-state index in [0.717, 1.165) is 4.34 Å². The second-order valence-corrected chi connectivity index (χ2v) is 6.26. The van der Waals surface area contributed by atoms with E-state index in [4.69, 9.17) is 9.47 Å². The number of hydrogen-bond acceptors (Lipinski definition) is 7. The van der Waals surface area contributed by atoms with Crippen LogP contribution in [0.25, 0.3) is 0 Å². The molecule has 0 bridgehead atoms. The van der Waals surface area contributed by atoms with Crippen LogP contribution in [0.3, 0.4) is 0 Å². The van der Waals surface area contributed by atoms with Crippen LogP contribution in [-0.2, 0) is 4.79 Å². The topological polar surface area (TPSA) is 73.3 Å². The van der Waals surface area contributed by atoms with Gasteiger partial charge in [-0.25, -0.2) is 0 Å². The van der Waals surface area contributed by atoms with Gasteiger partial charge in [0.1, 0.15) is 0 Å². The van der Waals surface area contributed by atoms with Crippen LogP contribution in [0.5, 0.6) is 11.5 Å². The fourth-order valence-electron chi connectivity index (χ4n) is 1.72. The van der Waals surface area contributed by atoms with Crippen molar-refractivity contribution in [1.29, 1.82) is 0 Å². The van der Waals surface area contributed by atoms with Gasteiger partial charge in [0.25, 0.3) is 5.91 Å². The van der Waals surface area contributed by atoms with Gasteiger partial charge in [-0.3, -0.25) is 10.1 Å². The van der Waals surface area contributed by atoms with Crippen molar-refractivity contribution in [1.82, 2.24) is 10.2 Å². The van der Waals surface area contributed by atoms with Gasteiger partial charge in [0.05, 0.1) is 7.11 Å². The molecule has 0 aliphatic heterocycles. The summed E-state index contributed by atoms with van der Waals surface area (Å²) in [5.74, 6) is 0.876. The predicted molar refractivity (Wildman–Crippen MR) is 88.0 cm³/mol. The van der Waals surface area contributed by atoms with Gasteiger partial charge in [0, 0.05) is 0 Å². The highest BCUT2D eigenvalue weighted by Crippen LogP contribution is 2.28. The Morgan fingerprint density at radius 2 is 2.09 bits per heavy atom. The lowest BCUT2D eigenvalue weighted by Gasteiger charge is -2.17. The van der Waals surface area contributed by atoms with Crippen LogP contribution in [0.1, 0.15) is 13.3 Å².